The van der Waals surface area contributed by atoms with Gasteiger partial charge in [-0.3, -0.25) is 42.3 Å². The summed E-state index contributed by atoms with van der Waals surface area (Å²) in [6.45, 7) is -1.46. The number of alkyl halides is 3. The van der Waals surface area contributed by atoms with E-state index in [1.54, 1.807) is 0 Å². The molecule has 40 heteroatoms. The first-order chi connectivity index (χ1) is 55.6. The molecule has 6 aromatic heterocycles. The van der Waals surface area contributed by atoms with Crippen molar-refractivity contribution in [1.29, 1.82) is 0 Å². The molecule has 0 saturated heterocycles. The van der Waals surface area contributed by atoms with Crippen LogP contribution in [-0.2, 0) is 34.8 Å². The summed E-state index contributed by atoms with van der Waals surface area (Å²) in [5, 5.41) is 31.5. The average Bonchev–Trinajstić information content (AvgIpc) is 0.801. The molecule has 12 aromatic rings. The van der Waals surface area contributed by atoms with E-state index in [0.717, 1.165) is 55.2 Å². The van der Waals surface area contributed by atoms with Crippen molar-refractivity contribution in [2.75, 3.05) is 42.1 Å². The van der Waals surface area contributed by atoms with E-state index in [1.807, 2.05) is 0 Å². The Morgan fingerprint density at radius 1 is 0.475 bits per heavy atom. The normalized spacial score (nSPS) is 14.3. The summed E-state index contributed by atoms with van der Waals surface area (Å²) in [6.07, 6.45) is 12.6. The van der Waals surface area contributed by atoms with Crippen molar-refractivity contribution in [1.82, 2.24) is 29.2 Å². The van der Waals surface area contributed by atoms with Gasteiger partial charge in [0.2, 0.25) is 0 Å². The van der Waals surface area contributed by atoms with Crippen LogP contribution in [0.15, 0.2) is 211 Å². The van der Waals surface area contributed by atoms with E-state index in [4.69, 9.17) is 25.4 Å². The number of hydrogen-bond donors (Lipinski definition) is 5. The third-order valence-electron chi connectivity index (χ3n) is 18.9. The molecule has 0 radical (unpaired) electrons. The maximum atomic E-state index is 15.4. The quantitative estimate of drug-likeness (QED) is 0.0321. The van der Waals surface area contributed by atoms with Crippen LogP contribution in [0.1, 0.15) is 88.2 Å². The Balaban J connectivity index is 0.000000195. The second kappa shape index (κ2) is 38.7. The zero-order valence-corrected chi connectivity index (χ0v) is 72.2. The highest BCUT2D eigenvalue weighted by molar-refractivity contribution is 9.10. The van der Waals surface area contributed by atoms with E-state index in [9.17, 15) is 67.4 Å². The number of rotatable bonds is 17. The molecule has 0 amide bonds. The number of benzene rings is 6. The molecule has 3 aliphatic rings. The molecular weight excluding hydrogens is 1760 g/mol. The predicted octanol–water partition coefficient (Wildman–Crippen LogP) is 13.5. The largest absolute Gasteiger partial charge is 0.495 e. The van der Waals surface area contributed by atoms with Crippen LogP contribution in [0.5, 0.6) is 17.2 Å². The zero-order valence-electron chi connectivity index (χ0n) is 64.0. The molecule has 3 saturated carbocycles. The fraction of sp³-hybridized carbons (Fsp3) is 0.250. The Kier molecular flexibility index (Phi) is 30.0. The minimum atomic E-state index is -4.53. The first-order valence-corrected chi connectivity index (χ1v) is 40.7. The summed E-state index contributed by atoms with van der Waals surface area (Å²) in [5.41, 5.74) is -3.51. The minimum Gasteiger partial charge on any atom is -0.495 e. The monoisotopic (exact) mass is 1830 g/mol. The smallest absolute Gasteiger partial charge is 0.411 e. The predicted molar refractivity (Wildman–Crippen MR) is 454 cm³/mol. The highest BCUT2D eigenvalue weighted by atomic mass is 79.9. The van der Waals surface area contributed by atoms with Crippen LogP contribution >= 0.6 is 45.6 Å². The molecule has 6 aromatic carbocycles. The summed E-state index contributed by atoms with van der Waals surface area (Å²) < 4.78 is 205. The van der Waals surface area contributed by atoms with Gasteiger partial charge in [0.05, 0.1) is 85.2 Å². The molecule has 632 valence electrons. The number of nitrogens with one attached hydrogen (secondary N) is 3. The van der Waals surface area contributed by atoms with E-state index in [0.29, 0.717) is 52.9 Å². The first kappa shape index (κ1) is 93.0. The van der Waals surface area contributed by atoms with Gasteiger partial charge in [0.15, 0.2) is 17.5 Å². The van der Waals surface area contributed by atoms with Gasteiger partial charge in [-0.05, 0) is 172 Å². The van der Waals surface area contributed by atoms with Crippen molar-refractivity contribution in [3.63, 3.8) is 0 Å². The lowest BCUT2D eigenvalue weighted by Gasteiger charge is -2.24. The maximum absolute atomic E-state index is 15.4. The van der Waals surface area contributed by atoms with E-state index in [-0.39, 0.29) is 130 Å². The van der Waals surface area contributed by atoms with Crippen molar-refractivity contribution in [2.24, 2.45) is 0 Å². The molecule has 15 rings (SSSR count). The molecule has 6 heterocycles. The Morgan fingerprint density at radius 3 is 1.13 bits per heavy atom. The number of terminal acetylenes is 1. The number of nitrogens with zero attached hydrogens (tertiary/aromatic N) is 6. The minimum absolute atomic E-state index is 0. The van der Waals surface area contributed by atoms with Crippen LogP contribution in [0.2, 0.25) is 0 Å². The van der Waals surface area contributed by atoms with E-state index < -0.39 is 93.8 Å². The van der Waals surface area contributed by atoms with Crippen LogP contribution in [-0.4, -0.2) is 116 Å². The van der Waals surface area contributed by atoms with Crippen molar-refractivity contribution in [3.05, 3.63) is 228 Å². The molecule has 3 fully saturated rings. The molecule has 5 N–H and O–H groups in total. The molecule has 120 heavy (non-hydrogen) atoms. The summed E-state index contributed by atoms with van der Waals surface area (Å²) in [4.78, 5) is 38.3. The van der Waals surface area contributed by atoms with Crippen molar-refractivity contribution < 1.29 is 94.3 Å². The number of pyridine rings is 3. The summed E-state index contributed by atoms with van der Waals surface area (Å²) in [5.74, 6) is 11.6. The van der Waals surface area contributed by atoms with Gasteiger partial charge in [-0.2, -0.15) is 42.9 Å². The Labute approximate surface area is 700 Å². The Hall–Kier alpha value is -10.9. The molecule has 3 aliphatic carbocycles. The van der Waals surface area contributed by atoms with Crippen molar-refractivity contribution in [2.45, 2.75) is 115 Å². The topological polar surface area (TPSA) is 360 Å². The summed E-state index contributed by atoms with van der Waals surface area (Å²) in [7, 11) is -7.89. The SMILES string of the molecule is C#CC1(O)CCCC1.COc1cc(Br)c(F)cc1-n1c(=O)ccc2cc(S(=O)(=O)Nc3ccon3)ccc21.COc1cc(C#CC2(O)CCCC2)c(F)cc1-n1c(=O)ccc2cc(S(=O)(=O)Nc3ccon3)ccc21.COc1cc(C#CC2(OCC(F)(F)F)CCCC2)c(F)cc1-n1c(=O)ccc2cc(S(=O)(=O)Nc3ccon3)ccc21.P.P.P. The average molecular weight is 1840 g/mol. The zero-order chi connectivity index (χ0) is 83.8. The number of methoxy groups -OCH3 is 3. The molecule has 0 aliphatic heterocycles. The van der Waals surface area contributed by atoms with Gasteiger partial charge in [0, 0.05) is 82.9 Å². The first-order valence-electron chi connectivity index (χ1n) is 35.4. The molecule has 3 atom stereocenters. The molecule has 3 unspecified atom stereocenters. The number of halogens is 7. The third-order valence-corrected chi connectivity index (χ3v) is 23.6. The lowest BCUT2D eigenvalue weighted by Crippen LogP contribution is -2.32. The fourth-order valence-corrected chi connectivity index (χ4v) is 16.5. The Bertz CT molecular complexity index is 6500. The standard InChI is InChI=1S/C28H23F4N3O6S.C26H22FN3O6S.C19H13BrFN3O5S.C7H10O.3H3P/c1-39-24-15-18(8-12-27(10-2-3-11-27)40-17-28(30,31)32)21(29)16-23(24)35-22-6-5-20(14-19(22)4-7-26(35)36)42(37,38)34-25-9-13-41-33-25;1-35-23-15-17(8-12-26(32)10-2-3-11-26)20(27)16-22(23)30-21-6-5-19(14-18(21)4-7-25(30)31)37(33,34)29-24-9-13-36-28-24;1-28-17-9-13(20)14(21)10-16(17)24-15-4-3-12(8-11(15)2-5-19(24)25)30(26,27)23-18-6-7-29-22-18;1-2-7(8)5-3-4-6-7;;;/h4-7,9,13-16H,2-3,10-11,17H2,1H3,(H,33,34);4-7,9,13-16,32H,2-3,10-11H2,1H3,(H,28,29);2-10H,1H3,(H,22,23);1,8H,3-6H2;3*1H3. The number of sulfonamides is 3. The van der Waals surface area contributed by atoms with Gasteiger partial charge in [0.25, 0.3) is 46.7 Å². The number of anilines is 3. The van der Waals surface area contributed by atoms with E-state index in [1.165, 1.54) is 183 Å². The number of aromatic nitrogens is 6. The third kappa shape index (κ3) is 21.6. The fourth-order valence-electron chi connectivity index (χ4n) is 13.1. The van der Waals surface area contributed by atoms with Gasteiger partial charge < -0.3 is 42.7 Å². The molecule has 27 nitrogen and oxygen atoms in total. The van der Waals surface area contributed by atoms with Crippen LogP contribution in [0.3, 0.4) is 0 Å². The van der Waals surface area contributed by atoms with Gasteiger partial charge in [-0.15, -0.1) is 6.42 Å². The van der Waals surface area contributed by atoms with Gasteiger partial charge >= 0.3 is 6.18 Å². The Morgan fingerprint density at radius 2 is 0.808 bits per heavy atom. The molecular formula is C80H77BrF6N9O18P3S3. The van der Waals surface area contributed by atoms with Gasteiger partial charge in [-0.1, -0.05) is 45.1 Å². The second-order valence-electron chi connectivity index (χ2n) is 26.8. The lowest BCUT2D eigenvalue weighted by molar-refractivity contribution is -0.194. The van der Waals surface area contributed by atoms with Crippen molar-refractivity contribution >= 4 is 126 Å². The highest BCUT2D eigenvalue weighted by Gasteiger charge is 2.39. The van der Waals surface area contributed by atoms with Crippen LogP contribution in [0, 0.1) is 53.5 Å². The van der Waals surface area contributed by atoms with Crippen molar-refractivity contribution in [3.8, 4) is 70.3 Å². The van der Waals surface area contributed by atoms with Gasteiger partial charge in [-0.25, -0.2) is 38.4 Å². The second-order valence-corrected chi connectivity index (χ2v) is 32.7. The van der Waals surface area contributed by atoms with Gasteiger partial charge in [0.1, 0.15) is 76.9 Å². The summed E-state index contributed by atoms with van der Waals surface area (Å²) in [6, 6.07) is 31.9. The number of fused-ring (bicyclic) bond motifs is 3. The maximum Gasteiger partial charge on any atom is 0.411 e. The van der Waals surface area contributed by atoms with Crippen LogP contribution in [0.4, 0.5) is 43.8 Å². The van der Waals surface area contributed by atoms with E-state index >= 15 is 8.78 Å². The molecule has 0 spiro atoms. The van der Waals surface area contributed by atoms with Crippen LogP contribution < -0.4 is 45.1 Å². The number of ether oxygens (including phenoxy) is 4. The number of aliphatic hydroxyl groups is 2. The van der Waals surface area contributed by atoms with E-state index in [2.05, 4.69) is 88.7 Å². The highest BCUT2D eigenvalue weighted by Crippen LogP contribution is 2.38. The summed E-state index contributed by atoms with van der Waals surface area (Å²) >= 11 is 3.09. The number of hydrogen-bond acceptors (Lipinski definition) is 21. The van der Waals surface area contributed by atoms with Crippen LogP contribution in [0.25, 0.3) is 49.8 Å². The lowest BCUT2D eigenvalue weighted by atomic mass is 10.0. The molecule has 0 bridgehead atoms.